The Labute approximate surface area is 101 Å². The quantitative estimate of drug-likeness (QED) is 0.844. The van der Waals surface area contributed by atoms with E-state index >= 15 is 0 Å². The van der Waals surface area contributed by atoms with Gasteiger partial charge in [-0.15, -0.1) is 0 Å². The zero-order valence-electron chi connectivity index (χ0n) is 10.4. The third kappa shape index (κ3) is 3.18. The van der Waals surface area contributed by atoms with Crippen molar-refractivity contribution in [2.75, 3.05) is 31.3 Å². The van der Waals surface area contributed by atoms with Gasteiger partial charge in [0.25, 0.3) is 0 Å². The van der Waals surface area contributed by atoms with E-state index in [9.17, 15) is 0 Å². The number of nitrogen functional groups attached to an aromatic ring is 1. The van der Waals surface area contributed by atoms with E-state index in [1.165, 1.54) is 25.7 Å². The molecule has 1 saturated carbocycles. The van der Waals surface area contributed by atoms with Crippen molar-refractivity contribution in [3.05, 3.63) is 0 Å². The molecule has 0 aromatic carbocycles. The van der Waals surface area contributed by atoms with E-state index in [1.54, 1.807) is 4.90 Å². The van der Waals surface area contributed by atoms with Crippen molar-refractivity contribution in [3.8, 4) is 6.01 Å². The summed E-state index contributed by atoms with van der Waals surface area (Å²) in [6, 6.07) is 0.327. The molecule has 1 aromatic rings. The van der Waals surface area contributed by atoms with E-state index in [0.717, 1.165) is 0 Å². The lowest BCUT2D eigenvalue weighted by molar-refractivity contribution is 0.234. The minimum atomic E-state index is 0.199. The molecule has 6 nitrogen and oxygen atoms in total. The summed E-state index contributed by atoms with van der Waals surface area (Å²) < 4.78 is 5.59. The standard InChI is InChI=1S/C11H19N5O/c1-16(2)10-13-9(12)14-11(15-10)17-7-8-5-3-4-6-8/h8H,3-7H2,1-2H3,(H2,12,13,14,15). The molecule has 17 heavy (non-hydrogen) atoms. The van der Waals surface area contributed by atoms with Gasteiger partial charge in [0.2, 0.25) is 11.9 Å². The number of rotatable bonds is 4. The Morgan fingerprint density at radius 3 is 2.59 bits per heavy atom. The van der Waals surface area contributed by atoms with E-state index in [-0.39, 0.29) is 5.95 Å². The summed E-state index contributed by atoms with van der Waals surface area (Å²) >= 11 is 0. The van der Waals surface area contributed by atoms with Gasteiger partial charge in [0.15, 0.2) is 0 Å². The number of ether oxygens (including phenoxy) is 1. The fraction of sp³-hybridized carbons (Fsp3) is 0.727. The maximum Gasteiger partial charge on any atom is 0.323 e. The topological polar surface area (TPSA) is 77.2 Å². The Morgan fingerprint density at radius 1 is 1.24 bits per heavy atom. The highest BCUT2D eigenvalue weighted by Gasteiger charge is 2.16. The van der Waals surface area contributed by atoms with Gasteiger partial charge in [-0.3, -0.25) is 0 Å². The second-order valence-electron chi connectivity index (χ2n) is 4.63. The van der Waals surface area contributed by atoms with Crippen LogP contribution in [0.3, 0.4) is 0 Å². The first kappa shape index (κ1) is 11.9. The highest BCUT2D eigenvalue weighted by Crippen LogP contribution is 2.25. The molecule has 0 atom stereocenters. The van der Waals surface area contributed by atoms with Crippen LogP contribution in [0.25, 0.3) is 0 Å². The van der Waals surface area contributed by atoms with Crippen molar-refractivity contribution in [2.24, 2.45) is 5.92 Å². The summed E-state index contributed by atoms with van der Waals surface area (Å²) in [6.45, 7) is 0.677. The maximum absolute atomic E-state index is 5.61. The van der Waals surface area contributed by atoms with E-state index in [4.69, 9.17) is 10.5 Å². The Kier molecular flexibility index (Phi) is 3.61. The first-order valence-electron chi connectivity index (χ1n) is 5.97. The van der Waals surface area contributed by atoms with Crippen molar-refractivity contribution < 1.29 is 4.74 Å². The van der Waals surface area contributed by atoms with Gasteiger partial charge in [-0.25, -0.2) is 0 Å². The van der Waals surface area contributed by atoms with Gasteiger partial charge in [0.05, 0.1) is 6.61 Å². The molecular weight excluding hydrogens is 218 g/mol. The Hall–Kier alpha value is -1.59. The summed E-state index contributed by atoms with van der Waals surface area (Å²) in [5.74, 6) is 1.36. The Morgan fingerprint density at radius 2 is 1.94 bits per heavy atom. The number of anilines is 2. The van der Waals surface area contributed by atoms with Gasteiger partial charge in [-0.1, -0.05) is 12.8 Å². The summed E-state index contributed by atoms with van der Waals surface area (Å²) in [5.41, 5.74) is 5.61. The minimum absolute atomic E-state index is 0.199. The molecule has 1 aliphatic rings. The molecular formula is C11H19N5O. The summed E-state index contributed by atoms with van der Waals surface area (Å²) in [5, 5.41) is 0. The normalized spacial score (nSPS) is 16.1. The predicted molar refractivity (Wildman–Crippen MR) is 66.0 cm³/mol. The molecule has 0 aliphatic heterocycles. The van der Waals surface area contributed by atoms with Crippen LogP contribution in [-0.2, 0) is 0 Å². The third-order valence-corrected chi connectivity index (χ3v) is 2.94. The SMILES string of the molecule is CN(C)c1nc(N)nc(OCC2CCCC2)n1. The van der Waals surface area contributed by atoms with Gasteiger partial charge in [-0.05, 0) is 18.8 Å². The second-order valence-corrected chi connectivity index (χ2v) is 4.63. The predicted octanol–water partition coefficient (Wildman–Crippen LogP) is 1.09. The van der Waals surface area contributed by atoms with Crippen LogP contribution >= 0.6 is 0 Å². The van der Waals surface area contributed by atoms with Crippen molar-refractivity contribution in [1.82, 2.24) is 15.0 Å². The van der Waals surface area contributed by atoms with Crippen molar-refractivity contribution in [2.45, 2.75) is 25.7 Å². The molecule has 0 amide bonds. The molecule has 6 heteroatoms. The van der Waals surface area contributed by atoms with E-state index in [1.807, 2.05) is 14.1 Å². The van der Waals surface area contributed by atoms with Gasteiger partial charge < -0.3 is 15.4 Å². The molecule has 0 unspecified atom stereocenters. The molecule has 1 heterocycles. The summed E-state index contributed by atoms with van der Waals surface area (Å²) in [4.78, 5) is 14.0. The zero-order chi connectivity index (χ0) is 12.3. The van der Waals surface area contributed by atoms with Crippen LogP contribution in [0.1, 0.15) is 25.7 Å². The van der Waals surface area contributed by atoms with Crippen LogP contribution in [0, 0.1) is 5.92 Å². The zero-order valence-corrected chi connectivity index (χ0v) is 10.4. The lowest BCUT2D eigenvalue weighted by atomic mass is 10.1. The van der Waals surface area contributed by atoms with Crippen LogP contribution in [0.15, 0.2) is 0 Å². The summed E-state index contributed by atoms with van der Waals surface area (Å²) in [7, 11) is 3.71. The molecule has 94 valence electrons. The highest BCUT2D eigenvalue weighted by molar-refractivity contribution is 5.33. The molecule has 0 radical (unpaired) electrons. The van der Waals surface area contributed by atoms with Crippen LogP contribution in [-0.4, -0.2) is 35.7 Å². The average Bonchev–Trinajstić information content (AvgIpc) is 2.78. The van der Waals surface area contributed by atoms with Crippen LogP contribution in [0.2, 0.25) is 0 Å². The first-order valence-corrected chi connectivity index (χ1v) is 5.97. The van der Waals surface area contributed by atoms with Gasteiger partial charge >= 0.3 is 6.01 Å². The number of hydrogen-bond acceptors (Lipinski definition) is 6. The molecule has 1 aromatic heterocycles. The molecule has 2 rings (SSSR count). The molecule has 1 fully saturated rings. The average molecular weight is 237 g/mol. The van der Waals surface area contributed by atoms with E-state index in [2.05, 4.69) is 15.0 Å². The lowest BCUT2D eigenvalue weighted by Gasteiger charge is -2.13. The van der Waals surface area contributed by atoms with Crippen molar-refractivity contribution in [3.63, 3.8) is 0 Å². The highest BCUT2D eigenvalue weighted by atomic mass is 16.5. The Balaban J connectivity index is 1.99. The molecule has 0 bridgehead atoms. The largest absolute Gasteiger partial charge is 0.463 e. The molecule has 2 N–H and O–H groups in total. The van der Waals surface area contributed by atoms with E-state index < -0.39 is 0 Å². The Bertz CT molecular complexity index is 376. The smallest absolute Gasteiger partial charge is 0.323 e. The minimum Gasteiger partial charge on any atom is -0.463 e. The van der Waals surface area contributed by atoms with Gasteiger partial charge in [-0.2, -0.15) is 15.0 Å². The van der Waals surface area contributed by atoms with Crippen molar-refractivity contribution in [1.29, 1.82) is 0 Å². The first-order chi connectivity index (χ1) is 8.15. The molecule has 0 spiro atoms. The van der Waals surface area contributed by atoms with Crippen LogP contribution < -0.4 is 15.4 Å². The van der Waals surface area contributed by atoms with Crippen LogP contribution in [0.4, 0.5) is 11.9 Å². The molecule has 1 aliphatic carbocycles. The fourth-order valence-corrected chi connectivity index (χ4v) is 1.99. The van der Waals surface area contributed by atoms with Gasteiger partial charge in [0, 0.05) is 14.1 Å². The monoisotopic (exact) mass is 237 g/mol. The van der Waals surface area contributed by atoms with Crippen molar-refractivity contribution >= 4 is 11.9 Å². The lowest BCUT2D eigenvalue weighted by Crippen LogP contribution is -2.17. The van der Waals surface area contributed by atoms with E-state index in [0.29, 0.717) is 24.5 Å². The van der Waals surface area contributed by atoms with Gasteiger partial charge in [0.1, 0.15) is 0 Å². The number of aromatic nitrogens is 3. The number of nitrogens with two attached hydrogens (primary N) is 1. The molecule has 0 saturated heterocycles. The number of hydrogen-bond donors (Lipinski definition) is 1. The number of nitrogens with zero attached hydrogens (tertiary/aromatic N) is 4. The summed E-state index contributed by atoms with van der Waals surface area (Å²) in [6.07, 6.45) is 5.08. The fourth-order valence-electron chi connectivity index (χ4n) is 1.99. The maximum atomic E-state index is 5.61. The van der Waals surface area contributed by atoms with Crippen LogP contribution in [0.5, 0.6) is 6.01 Å². The second kappa shape index (κ2) is 5.16. The third-order valence-electron chi connectivity index (χ3n) is 2.94.